The van der Waals surface area contributed by atoms with Crippen LogP contribution < -0.4 is 16.2 Å². The number of hydrogen-bond donors (Lipinski definition) is 4. The summed E-state index contributed by atoms with van der Waals surface area (Å²) in [7, 11) is 3.20. The van der Waals surface area contributed by atoms with E-state index >= 15 is 0 Å². The molecule has 3 aromatic heterocycles. The molecule has 12 heteroatoms. The maximum Gasteiger partial charge on any atom is 0.405 e. The van der Waals surface area contributed by atoms with E-state index in [2.05, 4.69) is 20.6 Å². The summed E-state index contributed by atoms with van der Waals surface area (Å²) in [6.45, 7) is 7.74. The lowest BCUT2D eigenvalue weighted by Crippen LogP contribution is -2.44. The number of amides is 3. The highest BCUT2D eigenvalue weighted by atomic mass is 19.1. The van der Waals surface area contributed by atoms with Crippen molar-refractivity contribution in [2.75, 3.05) is 19.4 Å². The van der Waals surface area contributed by atoms with Gasteiger partial charge in [0.15, 0.2) is 0 Å². The van der Waals surface area contributed by atoms with E-state index in [4.69, 9.17) is 0 Å². The number of anilines is 1. The van der Waals surface area contributed by atoms with Crippen LogP contribution in [0.5, 0.6) is 0 Å². The number of hydrogen-bond acceptors (Lipinski definition) is 5. The van der Waals surface area contributed by atoms with E-state index in [0.717, 1.165) is 5.56 Å². The molecular formula is C29H37FN6O5. The zero-order valence-corrected chi connectivity index (χ0v) is 24.2. The van der Waals surface area contributed by atoms with Crippen molar-refractivity contribution in [3.05, 3.63) is 69.2 Å². The van der Waals surface area contributed by atoms with Crippen LogP contribution in [0.25, 0.3) is 11.0 Å². The molecule has 1 atom stereocenters. The minimum Gasteiger partial charge on any atom is -0.465 e. The molecule has 3 heterocycles. The summed E-state index contributed by atoms with van der Waals surface area (Å²) in [4.78, 5) is 58.4. The number of nitrogens with zero attached hydrogens (tertiary/aromatic N) is 3. The summed E-state index contributed by atoms with van der Waals surface area (Å²) in [6, 6.07) is 1.99. The average Bonchev–Trinajstić information content (AvgIpc) is 3.21. The van der Waals surface area contributed by atoms with Gasteiger partial charge in [-0.15, -0.1) is 0 Å². The first-order chi connectivity index (χ1) is 19.3. The Bertz CT molecular complexity index is 1540. The standard InChI is InChI=1S/C29H37FN6O5/c1-16(2)13-19-20(30)14-31-25-18(4)23(32-26(19)25)15-36-17(3)11-12-22(28(36)39)33-27(38)21(34-29(40)41)9-7-8-10-24(37)35(5)6/h8,10-12,14,16,21,32,34H,7,9,13,15H2,1-6H3,(H,33,38)(H,40,41)/b10-8+. The minimum atomic E-state index is -1.39. The number of likely N-dealkylation sites (N-methyl/N-ethyl adjacent to an activating group) is 1. The van der Waals surface area contributed by atoms with Crippen LogP contribution in [0.1, 0.15) is 49.2 Å². The average molecular weight is 569 g/mol. The fourth-order valence-corrected chi connectivity index (χ4v) is 4.45. The second-order valence-corrected chi connectivity index (χ2v) is 10.6. The smallest absolute Gasteiger partial charge is 0.405 e. The molecule has 0 saturated heterocycles. The van der Waals surface area contributed by atoms with Gasteiger partial charge in [0, 0.05) is 31.0 Å². The lowest BCUT2D eigenvalue weighted by molar-refractivity contribution is -0.123. The van der Waals surface area contributed by atoms with Crippen molar-refractivity contribution in [2.45, 2.75) is 59.5 Å². The Balaban J connectivity index is 1.86. The molecule has 0 saturated carbocycles. The summed E-state index contributed by atoms with van der Waals surface area (Å²) in [5.74, 6) is -1.10. The molecule has 220 valence electrons. The summed E-state index contributed by atoms with van der Waals surface area (Å²) in [5.41, 5.74) is 3.38. The molecule has 3 amide bonds. The van der Waals surface area contributed by atoms with E-state index in [1.807, 2.05) is 20.8 Å². The Morgan fingerprint density at radius 1 is 1.22 bits per heavy atom. The Labute approximate surface area is 237 Å². The molecule has 3 aromatic rings. The van der Waals surface area contributed by atoms with Crippen LogP contribution in [-0.4, -0.2) is 62.6 Å². The van der Waals surface area contributed by atoms with E-state index in [0.29, 0.717) is 34.4 Å². The Hall–Kier alpha value is -4.48. The zero-order valence-electron chi connectivity index (χ0n) is 24.2. The highest BCUT2D eigenvalue weighted by Crippen LogP contribution is 2.27. The monoisotopic (exact) mass is 568 g/mol. The Morgan fingerprint density at radius 2 is 1.93 bits per heavy atom. The molecule has 0 radical (unpaired) electrons. The largest absolute Gasteiger partial charge is 0.465 e. The first-order valence-corrected chi connectivity index (χ1v) is 13.3. The molecule has 11 nitrogen and oxygen atoms in total. The second-order valence-electron chi connectivity index (χ2n) is 10.6. The quantitative estimate of drug-likeness (QED) is 0.259. The van der Waals surface area contributed by atoms with Gasteiger partial charge in [-0.05, 0) is 62.8 Å². The van der Waals surface area contributed by atoms with Crippen molar-refractivity contribution < 1.29 is 23.9 Å². The van der Waals surface area contributed by atoms with Gasteiger partial charge >= 0.3 is 6.09 Å². The number of aromatic amines is 1. The molecule has 41 heavy (non-hydrogen) atoms. The number of carbonyl (C=O) groups is 3. The van der Waals surface area contributed by atoms with Gasteiger partial charge in [-0.2, -0.15) is 0 Å². The molecule has 0 aliphatic heterocycles. The number of aromatic nitrogens is 3. The van der Waals surface area contributed by atoms with Crippen molar-refractivity contribution in [3.63, 3.8) is 0 Å². The van der Waals surface area contributed by atoms with E-state index < -0.39 is 23.6 Å². The summed E-state index contributed by atoms with van der Waals surface area (Å²) in [5, 5.41) is 13.9. The Morgan fingerprint density at radius 3 is 2.56 bits per heavy atom. The van der Waals surface area contributed by atoms with Crippen molar-refractivity contribution >= 4 is 34.6 Å². The van der Waals surface area contributed by atoms with Crippen LogP contribution in [0.2, 0.25) is 0 Å². The topological polar surface area (TPSA) is 149 Å². The van der Waals surface area contributed by atoms with Gasteiger partial charge in [-0.1, -0.05) is 19.9 Å². The minimum absolute atomic E-state index is 0.0189. The lowest BCUT2D eigenvalue weighted by Gasteiger charge is -2.17. The fraction of sp³-hybridized carbons (Fsp3) is 0.414. The maximum atomic E-state index is 14.6. The first-order valence-electron chi connectivity index (χ1n) is 13.3. The van der Waals surface area contributed by atoms with Gasteiger partial charge in [0.2, 0.25) is 11.8 Å². The van der Waals surface area contributed by atoms with Crippen LogP contribution >= 0.6 is 0 Å². The molecule has 0 aliphatic carbocycles. The molecule has 0 aliphatic rings. The van der Waals surface area contributed by atoms with Crippen LogP contribution in [-0.2, 0) is 22.6 Å². The maximum absolute atomic E-state index is 14.6. The Kier molecular flexibility index (Phi) is 10.0. The van der Waals surface area contributed by atoms with E-state index in [9.17, 15) is 28.7 Å². The van der Waals surface area contributed by atoms with E-state index in [1.54, 1.807) is 33.2 Å². The van der Waals surface area contributed by atoms with Crippen LogP contribution in [0.15, 0.2) is 35.3 Å². The summed E-state index contributed by atoms with van der Waals surface area (Å²) >= 11 is 0. The fourth-order valence-electron chi connectivity index (χ4n) is 4.45. The normalized spacial score (nSPS) is 12.2. The molecular weight excluding hydrogens is 531 g/mol. The van der Waals surface area contributed by atoms with Gasteiger partial charge in [0.25, 0.3) is 5.56 Å². The van der Waals surface area contributed by atoms with Crippen molar-refractivity contribution in [3.8, 4) is 0 Å². The predicted octanol–water partition coefficient (Wildman–Crippen LogP) is 3.73. The molecule has 3 rings (SSSR count). The number of allylic oxidation sites excluding steroid dienone is 1. The number of nitrogens with one attached hydrogen (secondary N) is 3. The van der Waals surface area contributed by atoms with Gasteiger partial charge in [0.05, 0.1) is 23.8 Å². The molecule has 1 unspecified atom stereocenters. The van der Waals surface area contributed by atoms with Gasteiger partial charge in [-0.3, -0.25) is 19.4 Å². The number of aryl methyl sites for hydroxylation is 2. The predicted molar refractivity (Wildman–Crippen MR) is 155 cm³/mol. The first kappa shape index (κ1) is 31.1. The van der Waals surface area contributed by atoms with Gasteiger partial charge in [-0.25, -0.2) is 9.18 Å². The van der Waals surface area contributed by atoms with Crippen LogP contribution in [0.3, 0.4) is 0 Å². The third kappa shape index (κ3) is 7.59. The number of carboxylic acid groups (broad SMARTS) is 1. The zero-order chi connectivity index (χ0) is 30.4. The van der Waals surface area contributed by atoms with Gasteiger partial charge < -0.3 is 30.2 Å². The molecule has 0 spiro atoms. The lowest BCUT2D eigenvalue weighted by atomic mass is 10.0. The third-order valence-corrected chi connectivity index (χ3v) is 6.73. The molecule has 0 fully saturated rings. The molecule has 0 bridgehead atoms. The summed E-state index contributed by atoms with van der Waals surface area (Å²) < 4.78 is 16.1. The van der Waals surface area contributed by atoms with E-state index in [1.165, 1.54) is 27.8 Å². The summed E-state index contributed by atoms with van der Waals surface area (Å²) in [6.07, 6.45) is 3.58. The van der Waals surface area contributed by atoms with E-state index in [-0.39, 0.29) is 42.7 Å². The number of rotatable bonds is 11. The number of halogens is 1. The van der Waals surface area contributed by atoms with Gasteiger partial charge in [0.1, 0.15) is 17.5 Å². The second kappa shape index (κ2) is 13.2. The molecule has 0 aromatic carbocycles. The van der Waals surface area contributed by atoms with Crippen molar-refractivity contribution in [1.82, 2.24) is 24.8 Å². The number of pyridine rings is 2. The number of fused-ring (bicyclic) bond motifs is 1. The van der Waals surface area contributed by atoms with Crippen LogP contribution in [0, 0.1) is 25.6 Å². The number of H-pyrrole nitrogens is 1. The van der Waals surface area contributed by atoms with Crippen LogP contribution in [0.4, 0.5) is 14.9 Å². The third-order valence-electron chi connectivity index (χ3n) is 6.73. The highest BCUT2D eigenvalue weighted by molar-refractivity contribution is 5.96. The highest BCUT2D eigenvalue weighted by Gasteiger charge is 2.22. The molecule has 4 N–H and O–H groups in total. The van der Waals surface area contributed by atoms with Crippen molar-refractivity contribution in [2.24, 2.45) is 5.92 Å². The SMILES string of the molecule is Cc1c(Cn2c(C)ccc(NC(=O)C(CC/C=C/C(=O)N(C)C)NC(=O)O)c2=O)[nH]c2c(CC(C)C)c(F)cnc12. The number of carbonyl (C=O) groups excluding carboxylic acids is 2. The van der Waals surface area contributed by atoms with Crippen molar-refractivity contribution in [1.29, 1.82) is 0 Å².